The summed E-state index contributed by atoms with van der Waals surface area (Å²) in [6.45, 7) is 0.617. The number of halogens is 3. The van der Waals surface area contributed by atoms with Gasteiger partial charge in [0.1, 0.15) is 6.61 Å². The molecule has 0 heterocycles. The van der Waals surface area contributed by atoms with E-state index < -0.39 is 18.8 Å². The van der Waals surface area contributed by atoms with E-state index in [2.05, 4.69) is 10.2 Å². The highest BCUT2D eigenvalue weighted by Crippen LogP contribution is 2.18. The number of nitrogens with two attached hydrogens (primary N) is 1. The molecule has 0 saturated heterocycles. The lowest BCUT2D eigenvalue weighted by Crippen LogP contribution is -2.32. The van der Waals surface area contributed by atoms with E-state index >= 15 is 0 Å². The minimum Gasteiger partial charge on any atom is -0.370 e. The molecule has 1 aromatic carbocycles. The van der Waals surface area contributed by atoms with Crippen LogP contribution in [-0.4, -0.2) is 19.4 Å². The number of aryl methyl sites for hydroxylation is 1. The normalized spacial score (nSPS) is 13.6. The predicted octanol–water partition coefficient (Wildman–Crippen LogP) is 2.33. The Labute approximate surface area is 104 Å². The highest BCUT2D eigenvalue weighted by molar-refractivity contribution is 5.26. The van der Waals surface area contributed by atoms with Crippen LogP contribution in [0.5, 0.6) is 0 Å². The Balaban J connectivity index is 2.59. The molecule has 0 aliphatic carbocycles. The molecule has 0 aromatic heterocycles. The number of alkyl halides is 3. The molecule has 0 bridgehead atoms. The van der Waals surface area contributed by atoms with E-state index in [9.17, 15) is 13.2 Å². The van der Waals surface area contributed by atoms with Crippen molar-refractivity contribution in [3.63, 3.8) is 0 Å². The quantitative estimate of drug-likeness (QED) is 0.611. The van der Waals surface area contributed by atoms with Crippen LogP contribution in [0.3, 0.4) is 0 Å². The van der Waals surface area contributed by atoms with Gasteiger partial charge >= 0.3 is 6.18 Å². The van der Waals surface area contributed by atoms with Gasteiger partial charge in [0.25, 0.3) is 0 Å². The highest BCUT2D eigenvalue weighted by atomic mass is 19.4. The van der Waals surface area contributed by atoms with Crippen molar-refractivity contribution in [3.05, 3.63) is 35.4 Å². The molecule has 0 radical (unpaired) electrons. The van der Waals surface area contributed by atoms with E-state index in [1.807, 2.05) is 25.1 Å². The van der Waals surface area contributed by atoms with Crippen molar-refractivity contribution in [1.82, 2.24) is 5.43 Å². The van der Waals surface area contributed by atoms with Crippen molar-refractivity contribution in [2.24, 2.45) is 5.84 Å². The zero-order valence-electron chi connectivity index (χ0n) is 10.1. The summed E-state index contributed by atoms with van der Waals surface area (Å²) in [7, 11) is 0. The number of benzene rings is 1. The first kappa shape index (κ1) is 14.9. The van der Waals surface area contributed by atoms with Gasteiger partial charge in [0.15, 0.2) is 0 Å². The standard InChI is InChI=1S/C12H17F3N2O/c1-2-9-4-3-5-10(6-9)11(17-16)7-18-8-12(13,14)15/h3-6,11,17H,2,7-8,16H2,1H3. The lowest BCUT2D eigenvalue weighted by molar-refractivity contribution is -0.175. The summed E-state index contributed by atoms with van der Waals surface area (Å²) < 4.78 is 40.5. The fourth-order valence-electron chi connectivity index (χ4n) is 1.56. The first-order chi connectivity index (χ1) is 8.46. The lowest BCUT2D eigenvalue weighted by atomic mass is 10.0. The SMILES string of the molecule is CCc1cccc(C(COCC(F)(F)F)NN)c1. The zero-order valence-corrected chi connectivity index (χ0v) is 10.1. The maximum absolute atomic E-state index is 12.0. The van der Waals surface area contributed by atoms with Gasteiger partial charge in [0.05, 0.1) is 12.6 Å². The second-order valence-corrected chi connectivity index (χ2v) is 3.95. The Kier molecular flexibility index (Phi) is 5.58. The van der Waals surface area contributed by atoms with Gasteiger partial charge in [-0.25, -0.2) is 0 Å². The van der Waals surface area contributed by atoms with Gasteiger partial charge in [0, 0.05) is 0 Å². The van der Waals surface area contributed by atoms with Gasteiger partial charge in [-0.15, -0.1) is 0 Å². The van der Waals surface area contributed by atoms with E-state index in [4.69, 9.17) is 5.84 Å². The number of ether oxygens (including phenoxy) is 1. The molecule has 0 fully saturated rings. The molecule has 0 aliphatic heterocycles. The van der Waals surface area contributed by atoms with Gasteiger partial charge in [-0.3, -0.25) is 11.3 Å². The van der Waals surface area contributed by atoms with Crippen LogP contribution in [0.1, 0.15) is 24.1 Å². The number of hydrogen-bond donors (Lipinski definition) is 2. The molecule has 3 nitrogen and oxygen atoms in total. The molecule has 0 saturated carbocycles. The average Bonchev–Trinajstić information content (AvgIpc) is 2.33. The monoisotopic (exact) mass is 262 g/mol. The number of hydrazine groups is 1. The zero-order chi connectivity index (χ0) is 13.6. The van der Waals surface area contributed by atoms with Crippen molar-refractivity contribution in [2.45, 2.75) is 25.6 Å². The molecular formula is C12H17F3N2O. The Hall–Kier alpha value is -1.11. The van der Waals surface area contributed by atoms with Crippen LogP contribution in [0.15, 0.2) is 24.3 Å². The smallest absolute Gasteiger partial charge is 0.370 e. The maximum atomic E-state index is 12.0. The molecule has 102 valence electrons. The first-order valence-electron chi connectivity index (χ1n) is 5.65. The van der Waals surface area contributed by atoms with Crippen molar-refractivity contribution < 1.29 is 17.9 Å². The van der Waals surface area contributed by atoms with Crippen LogP contribution in [0.25, 0.3) is 0 Å². The van der Waals surface area contributed by atoms with Crippen LogP contribution in [0.2, 0.25) is 0 Å². The number of nitrogens with one attached hydrogen (secondary N) is 1. The average molecular weight is 262 g/mol. The molecular weight excluding hydrogens is 245 g/mol. The van der Waals surface area contributed by atoms with Crippen LogP contribution in [-0.2, 0) is 11.2 Å². The minimum atomic E-state index is -4.32. The Morgan fingerprint density at radius 3 is 2.67 bits per heavy atom. The fourth-order valence-corrected chi connectivity index (χ4v) is 1.56. The molecule has 1 unspecified atom stereocenters. The second-order valence-electron chi connectivity index (χ2n) is 3.95. The van der Waals surface area contributed by atoms with E-state index in [0.29, 0.717) is 0 Å². The number of hydrogen-bond acceptors (Lipinski definition) is 3. The van der Waals surface area contributed by atoms with Crippen LogP contribution in [0.4, 0.5) is 13.2 Å². The predicted molar refractivity (Wildman–Crippen MR) is 62.8 cm³/mol. The van der Waals surface area contributed by atoms with Crippen molar-refractivity contribution in [2.75, 3.05) is 13.2 Å². The first-order valence-corrected chi connectivity index (χ1v) is 5.65. The largest absolute Gasteiger partial charge is 0.411 e. The molecule has 1 atom stereocenters. The second kappa shape index (κ2) is 6.72. The summed E-state index contributed by atoms with van der Waals surface area (Å²) in [4.78, 5) is 0. The van der Waals surface area contributed by atoms with Gasteiger partial charge in [-0.05, 0) is 17.5 Å². The van der Waals surface area contributed by atoms with E-state index in [0.717, 1.165) is 17.5 Å². The Morgan fingerprint density at radius 2 is 2.11 bits per heavy atom. The Morgan fingerprint density at radius 1 is 1.39 bits per heavy atom. The third-order valence-electron chi connectivity index (χ3n) is 2.51. The van der Waals surface area contributed by atoms with Crippen LogP contribution in [0, 0.1) is 0 Å². The third kappa shape index (κ3) is 5.03. The number of rotatable bonds is 6. The summed E-state index contributed by atoms with van der Waals surface area (Å²) in [6, 6.07) is 7.07. The summed E-state index contributed by atoms with van der Waals surface area (Å²) in [6.07, 6.45) is -3.46. The summed E-state index contributed by atoms with van der Waals surface area (Å²) >= 11 is 0. The van der Waals surface area contributed by atoms with E-state index in [-0.39, 0.29) is 6.61 Å². The van der Waals surface area contributed by atoms with Crippen LogP contribution >= 0.6 is 0 Å². The summed E-state index contributed by atoms with van der Waals surface area (Å²) in [5, 5.41) is 0. The Bertz CT molecular complexity index is 369. The molecule has 3 N–H and O–H groups in total. The van der Waals surface area contributed by atoms with Gasteiger partial charge in [-0.2, -0.15) is 13.2 Å². The van der Waals surface area contributed by atoms with Crippen molar-refractivity contribution in [3.8, 4) is 0 Å². The van der Waals surface area contributed by atoms with Gasteiger partial charge in [0.2, 0.25) is 0 Å². The third-order valence-corrected chi connectivity index (χ3v) is 2.51. The summed E-state index contributed by atoms with van der Waals surface area (Å²) in [5.41, 5.74) is 4.38. The molecule has 0 aliphatic rings. The molecule has 18 heavy (non-hydrogen) atoms. The topological polar surface area (TPSA) is 47.3 Å². The van der Waals surface area contributed by atoms with E-state index in [1.54, 1.807) is 6.07 Å². The van der Waals surface area contributed by atoms with Gasteiger partial charge in [-0.1, -0.05) is 31.2 Å². The minimum absolute atomic E-state index is 0.122. The van der Waals surface area contributed by atoms with E-state index in [1.165, 1.54) is 0 Å². The molecule has 6 heteroatoms. The van der Waals surface area contributed by atoms with Crippen LogP contribution < -0.4 is 11.3 Å². The van der Waals surface area contributed by atoms with Crippen molar-refractivity contribution in [1.29, 1.82) is 0 Å². The molecule has 0 amide bonds. The maximum Gasteiger partial charge on any atom is 0.411 e. The summed E-state index contributed by atoms with van der Waals surface area (Å²) in [5.74, 6) is 5.33. The van der Waals surface area contributed by atoms with Crippen molar-refractivity contribution >= 4 is 0 Å². The molecule has 1 rings (SSSR count). The molecule has 1 aromatic rings. The molecule has 0 spiro atoms. The van der Waals surface area contributed by atoms with Gasteiger partial charge < -0.3 is 4.74 Å². The lowest BCUT2D eigenvalue weighted by Gasteiger charge is -2.18. The highest BCUT2D eigenvalue weighted by Gasteiger charge is 2.28. The fraction of sp³-hybridized carbons (Fsp3) is 0.500.